The molecular formula is C18H16Cl2N4O3. The Morgan fingerprint density at radius 3 is 2.52 bits per heavy atom. The van der Waals surface area contributed by atoms with Crippen molar-refractivity contribution in [1.29, 1.82) is 0 Å². The third-order valence-corrected chi connectivity index (χ3v) is 4.37. The van der Waals surface area contributed by atoms with Crippen LogP contribution in [0.15, 0.2) is 40.9 Å². The van der Waals surface area contributed by atoms with Crippen LogP contribution in [0.4, 0.5) is 11.4 Å². The first kappa shape index (κ1) is 19.0. The van der Waals surface area contributed by atoms with E-state index in [9.17, 15) is 4.79 Å². The topological polar surface area (TPSA) is 103 Å². The normalized spacial score (nSPS) is 10.6. The Kier molecular flexibility index (Phi) is 5.83. The fourth-order valence-corrected chi connectivity index (χ4v) is 2.80. The number of nitrogens with zero attached hydrogens (tertiary/aromatic N) is 2. The molecule has 0 radical (unpaired) electrons. The minimum Gasteiger partial charge on any atom is -0.497 e. The van der Waals surface area contributed by atoms with Crippen molar-refractivity contribution in [2.45, 2.75) is 12.8 Å². The molecule has 0 saturated carbocycles. The smallest absolute Gasteiger partial charge is 0.227 e. The fraction of sp³-hybridized carbons (Fsp3) is 0.167. The maximum Gasteiger partial charge on any atom is 0.227 e. The van der Waals surface area contributed by atoms with E-state index >= 15 is 0 Å². The highest BCUT2D eigenvalue weighted by Crippen LogP contribution is 2.31. The van der Waals surface area contributed by atoms with E-state index in [0.29, 0.717) is 23.8 Å². The van der Waals surface area contributed by atoms with Crippen LogP contribution in [-0.2, 0) is 11.2 Å². The number of methoxy groups -OCH3 is 1. The number of halogens is 2. The van der Waals surface area contributed by atoms with E-state index in [1.807, 2.05) is 24.3 Å². The van der Waals surface area contributed by atoms with Gasteiger partial charge in [-0.3, -0.25) is 4.79 Å². The molecule has 0 aliphatic heterocycles. The number of hydrogen-bond donors (Lipinski definition) is 2. The van der Waals surface area contributed by atoms with Gasteiger partial charge in [-0.15, -0.1) is 0 Å². The molecule has 0 saturated heterocycles. The van der Waals surface area contributed by atoms with E-state index in [-0.39, 0.29) is 28.1 Å². The number of rotatable bonds is 6. The number of benzene rings is 2. The molecule has 3 N–H and O–H groups in total. The first-order chi connectivity index (χ1) is 13.0. The van der Waals surface area contributed by atoms with Crippen LogP contribution in [0, 0.1) is 0 Å². The lowest BCUT2D eigenvalue weighted by molar-refractivity contribution is -0.116. The standard InChI is InChI=1S/C18H16Cl2N4O3/c1-26-12-4-2-10(3-5-12)18-23-16(27-24-18)7-6-15(25)22-11-8-13(19)17(21)14(20)9-11/h2-5,8-9H,6-7,21H2,1H3,(H,22,25). The minimum atomic E-state index is -0.240. The lowest BCUT2D eigenvalue weighted by Crippen LogP contribution is -2.12. The second kappa shape index (κ2) is 8.28. The molecule has 0 spiro atoms. The van der Waals surface area contributed by atoms with Crippen molar-refractivity contribution in [2.75, 3.05) is 18.2 Å². The van der Waals surface area contributed by atoms with Gasteiger partial charge in [0.15, 0.2) is 0 Å². The Morgan fingerprint density at radius 2 is 1.89 bits per heavy atom. The molecule has 3 rings (SSSR count). The van der Waals surface area contributed by atoms with Crippen molar-refractivity contribution in [3.05, 3.63) is 52.3 Å². The molecule has 27 heavy (non-hydrogen) atoms. The number of nitrogens with one attached hydrogen (secondary N) is 1. The third kappa shape index (κ3) is 4.69. The number of nitrogens with two attached hydrogens (primary N) is 1. The van der Waals surface area contributed by atoms with Crippen LogP contribution in [0.25, 0.3) is 11.4 Å². The summed E-state index contributed by atoms with van der Waals surface area (Å²) in [7, 11) is 1.60. The summed E-state index contributed by atoms with van der Waals surface area (Å²) in [4.78, 5) is 16.4. The molecule has 9 heteroatoms. The second-order valence-electron chi connectivity index (χ2n) is 5.64. The summed E-state index contributed by atoms with van der Waals surface area (Å²) in [5.74, 6) is 1.31. The van der Waals surface area contributed by atoms with Crippen LogP contribution < -0.4 is 15.8 Å². The summed E-state index contributed by atoms with van der Waals surface area (Å²) < 4.78 is 10.3. The van der Waals surface area contributed by atoms with Crippen LogP contribution >= 0.6 is 23.2 Å². The summed E-state index contributed by atoms with van der Waals surface area (Å²) in [6.07, 6.45) is 0.454. The zero-order valence-corrected chi connectivity index (χ0v) is 15.8. The van der Waals surface area contributed by atoms with Gasteiger partial charge in [-0.2, -0.15) is 4.98 Å². The Labute approximate surface area is 165 Å². The molecule has 0 atom stereocenters. The number of aryl methyl sites for hydroxylation is 1. The summed E-state index contributed by atoms with van der Waals surface area (Å²) in [6.45, 7) is 0. The van der Waals surface area contributed by atoms with Gasteiger partial charge < -0.3 is 20.3 Å². The molecule has 1 aromatic heterocycles. The van der Waals surface area contributed by atoms with E-state index in [0.717, 1.165) is 11.3 Å². The Bertz CT molecular complexity index is 934. The minimum absolute atomic E-state index is 0.157. The first-order valence-electron chi connectivity index (χ1n) is 7.97. The second-order valence-corrected chi connectivity index (χ2v) is 6.46. The van der Waals surface area contributed by atoms with Gasteiger partial charge in [0.1, 0.15) is 5.75 Å². The Hall–Kier alpha value is -2.77. The Morgan fingerprint density at radius 1 is 1.22 bits per heavy atom. The zero-order chi connectivity index (χ0) is 19.4. The maximum absolute atomic E-state index is 12.1. The molecule has 1 heterocycles. The van der Waals surface area contributed by atoms with Gasteiger partial charge >= 0.3 is 0 Å². The monoisotopic (exact) mass is 406 g/mol. The van der Waals surface area contributed by atoms with E-state index < -0.39 is 0 Å². The molecule has 0 aliphatic carbocycles. The number of carbonyl (C=O) groups excluding carboxylic acids is 1. The van der Waals surface area contributed by atoms with Crippen molar-refractivity contribution in [2.24, 2.45) is 0 Å². The van der Waals surface area contributed by atoms with E-state index in [2.05, 4.69) is 15.5 Å². The number of hydrogen-bond acceptors (Lipinski definition) is 6. The number of aromatic nitrogens is 2. The average Bonchev–Trinajstić information content (AvgIpc) is 3.13. The van der Waals surface area contributed by atoms with Crippen molar-refractivity contribution in [1.82, 2.24) is 10.1 Å². The molecule has 7 nitrogen and oxygen atoms in total. The highest BCUT2D eigenvalue weighted by atomic mass is 35.5. The summed E-state index contributed by atoms with van der Waals surface area (Å²) in [5.41, 5.74) is 7.20. The summed E-state index contributed by atoms with van der Waals surface area (Å²) in [5, 5.41) is 7.19. The molecule has 3 aromatic rings. The predicted molar refractivity (Wildman–Crippen MR) is 104 cm³/mol. The molecule has 0 aliphatic rings. The molecular weight excluding hydrogens is 391 g/mol. The number of nitrogen functional groups attached to an aromatic ring is 1. The molecule has 0 bridgehead atoms. The van der Waals surface area contributed by atoms with Crippen LogP contribution in [0.1, 0.15) is 12.3 Å². The number of amides is 1. The van der Waals surface area contributed by atoms with Crippen molar-refractivity contribution >= 4 is 40.5 Å². The summed E-state index contributed by atoms with van der Waals surface area (Å²) >= 11 is 11.9. The van der Waals surface area contributed by atoms with Gasteiger partial charge in [-0.1, -0.05) is 28.4 Å². The zero-order valence-electron chi connectivity index (χ0n) is 14.3. The van der Waals surface area contributed by atoms with Gasteiger partial charge in [0.25, 0.3) is 0 Å². The lowest BCUT2D eigenvalue weighted by Gasteiger charge is -2.07. The molecule has 0 unspecified atom stereocenters. The van der Waals surface area contributed by atoms with Gasteiger partial charge in [-0.25, -0.2) is 0 Å². The molecule has 0 fully saturated rings. The number of carbonyl (C=O) groups is 1. The molecule has 1 amide bonds. The van der Waals surface area contributed by atoms with Crippen molar-refractivity contribution < 1.29 is 14.1 Å². The maximum atomic E-state index is 12.1. The first-order valence-corrected chi connectivity index (χ1v) is 8.73. The van der Waals surface area contributed by atoms with Crippen LogP contribution in [-0.4, -0.2) is 23.2 Å². The molecule has 140 valence electrons. The number of ether oxygens (including phenoxy) is 1. The number of anilines is 2. The van der Waals surface area contributed by atoms with Crippen LogP contribution in [0.2, 0.25) is 10.0 Å². The predicted octanol–water partition coefficient (Wildman–Crippen LogP) is 4.21. The van der Waals surface area contributed by atoms with Crippen molar-refractivity contribution in [3.63, 3.8) is 0 Å². The van der Waals surface area contributed by atoms with E-state index in [4.69, 9.17) is 38.2 Å². The SMILES string of the molecule is COc1ccc(-c2noc(CCC(=O)Nc3cc(Cl)c(N)c(Cl)c3)n2)cc1. The molecule has 2 aromatic carbocycles. The summed E-state index contributed by atoms with van der Waals surface area (Å²) in [6, 6.07) is 10.3. The Balaban J connectivity index is 1.58. The van der Waals surface area contributed by atoms with E-state index in [1.54, 1.807) is 7.11 Å². The lowest BCUT2D eigenvalue weighted by atomic mass is 10.2. The van der Waals surface area contributed by atoms with Crippen LogP contribution in [0.5, 0.6) is 5.75 Å². The van der Waals surface area contributed by atoms with E-state index in [1.165, 1.54) is 12.1 Å². The van der Waals surface area contributed by atoms with Crippen LogP contribution in [0.3, 0.4) is 0 Å². The van der Waals surface area contributed by atoms with Gasteiger partial charge in [-0.05, 0) is 36.4 Å². The van der Waals surface area contributed by atoms with Gasteiger partial charge in [0.2, 0.25) is 17.6 Å². The van der Waals surface area contributed by atoms with Gasteiger partial charge in [0, 0.05) is 24.1 Å². The van der Waals surface area contributed by atoms with Crippen molar-refractivity contribution in [3.8, 4) is 17.1 Å². The highest BCUT2D eigenvalue weighted by Gasteiger charge is 2.12. The quantitative estimate of drug-likeness (QED) is 0.594. The highest BCUT2D eigenvalue weighted by molar-refractivity contribution is 6.39. The largest absolute Gasteiger partial charge is 0.497 e. The fourth-order valence-electron chi connectivity index (χ4n) is 2.31. The third-order valence-electron chi connectivity index (χ3n) is 3.75. The van der Waals surface area contributed by atoms with Gasteiger partial charge in [0.05, 0.1) is 22.8 Å². The average molecular weight is 407 g/mol.